The normalized spacial score (nSPS) is 10.9. The molecule has 0 saturated heterocycles. The van der Waals surface area contributed by atoms with Gasteiger partial charge in [-0.3, -0.25) is 4.79 Å². The Morgan fingerprint density at radius 3 is 2.52 bits per heavy atom. The summed E-state index contributed by atoms with van der Waals surface area (Å²) in [5, 5.41) is 12.0. The van der Waals surface area contributed by atoms with Crippen molar-refractivity contribution >= 4 is 67.8 Å². The van der Waals surface area contributed by atoms with Gasteiger partial charge in [-0.2, -0.15) is 4.80 Å². The first-order valence-electron chi connectivity index (χ1n) is 8.90. The van der Waals surface area contributed by atoms with Crippen molar-refractivity contribution < 1.29 is 9.53 Å². The van der Waals surface area contributed by atoms with Crippen molar-refractivity contribution in [3.8, 4) is 11.4 Å². The molecule has 0 aliphatic carbocycles. The van der Waals surface area contributed by atoms with Crippen LogP contribution in [-0.2, 0) is 0 Å². The number of ether oxygens (including phenoxy) is 1. The van der Waals surface area contributed by atoms with Gasteiger partial charge in [0, 0.05) is 12.8 Å². The average Bonchev–Trinajstić information content (AvgIpc) is 3.14. The number of amides is 1. The van der Waals surface area contributed by atoms with Crippen LogP contribution in [0.2, 0.25) is 0 Å². The second-order valence-corrected chi connectivity index (χ2v) is 8.61. The van der Waals surface area contributed by atoms with E-state index in [4.69, 9.17) is 4.74 Å². The fourth-order valence-electron chi connectivity index (χ4n) is 2.82. The molecular formula is C21H16I2N4O2. The molecule has 0 fully saturated rings. The predicted molar refractivity (Wildman–Crippen MR) is 130 cm³/mol. The molecule has 0 unspecified atom stereocenters. The molecule has 4 aromatic rings. The second-order valence-electron chi connectivity index (χ2n) is 6.20. The van der Waals surface area contributed by atoms with Gasteiger partial charge in [-0.05, 0) is 113 Å². The van der Waals surface area contributed by atoms with Crippen molar-refractivity contribution in [3.63, 3.8) is 0 Å². The van der Waals surface area contributed by atoms with Crippen LogP contribution in [0.25, 0.3) is 16.7 Å². The maximum atomic E-state index is 12.7. The lowest BCUT2D eigenvalue weighted by atomic mass is 10.2. The molecule has 1 heterocycles. The molecule has 0 aliphatic heterocycles. The SMILES string of the molecule is CCOc1ccc(-n2nc3ccc(NC(=O)c4cc(I)ccc4I)cc3n2)cc1. The Morgan fingerprint density at radius 2 is 1.76 bits per heavy atom. The summed E-state index contributed by atoms with van der Waals surface area (Å²) in [6, 6.07) is 18.9. The second kappa shape index (κ2) is 8.66. The molecular weight excluding hydrogens is 594 g/mol. The van der Waals surface area contributed by atoms with E-state index in [1.165, 1.54) is 0 Å². The third kappa shape index (κ3) is 4.53. The number of aromatic nitrogens is 3. The lowest BCUT2D eigenvalue weighted by Gasteiger charge is -2.07. The van der Waals surface area contributed by atoms with Gasteiger partial charge < -0.3 is 10.1 Å². The van der Waals surface area contributed by atoms with Crippen LogP contribution in [0.4, 0.5) is 5.69 Å². The molecule has 0 saturated carbocycles. The van der Waals surface area contributed by atoms with Crippen LogP contribution in [0.3, 0.4) is 0 Å². The molecule has 6 nitrogen and oxygen atoms in total. The Bertz CT molecular complexity index is 1190. The molecule has 1 aromatic heterocycles. The van der Waals surface area contributed by atoms with E-state index in [1.54, 1.807) is 4.80 Å². The number of hydrogen-bond acceptors (Lipinski definition) is 4. The van der Waals surface area contributed by atoms with Crippen LogP contribution in [0.5, 0.6) is 5.75 Å². The number of benzene rings is 3. The number of carbonyl (C=O) groups is 1. The Balaban J connectivity index is 1.58. The minimum atomic E-state index is -0.147. The largest absolute Gasteiger partial charge is 0.494 e. The molecule has 0 spiro atoms. The predicted octanol–water partition coefficient (Wildman–Crippen LogP) is 5.28. The minimum absolute atomic E-state index is 0.147. The lowest BCUT2D eigenvalue weighted by Crippen LogP contribution is -2.13. The summed E-state index contributed by atoms with van der Waals surface area (Å²) < 4.78 is 7.39. The van der Waals surface area contributed by atoms with E-state index in [1.807, 2.05) is 67.6 Å². The van der Waals surface area contributed by atoms with Gasteiger partial charge in [0.2, 0.25) is 0 Å². The molecule has 1 N–H and O–H groups in total. The van der Waals surface area contributed by atoms with Crippen LogP contribution in [-0.4, -0.2) is 27.5 Å². The molecule has 0 radical (unpaired) electrons. The summed E-state index contributed by atoms with van der Waals surface area (Å²) in [7, 11) is 0. The summed E-state index contributed by atoms with van der Waals surface area (Å²) in [5.74, 6) is 0.661. The first kappa shape index (κ1) is 20.1. The number of nitrogens with zero attached hydrogens (tertiary/aromatic N) is 3. The third-order valence-corrected chi connectivity index (χ3v) is 5.80. The summed E-state index contributed by atoms with van der Waals surface area (Å²) in [5.41, 5.74) is 3.62. The van der Waals surface area contributed by atoms with Gasteiger partial charge >= 0.3 is 0 Å². The molecule has 0 atom stereocenters. The smallest absolute Gasteiger partial charge is 0.256 e. The highest BCUT2D eigenvalue weighted by molar-refractivity contribution is 14.1. The van der Waals surface area contributed by atoms with Crippen LogP contribution in [0.1, 0.15) is 17.3 Å². The summed E-state index contributed by atoms with van der Waals surface area (Å²) in [4.78, 5) is 14.2. The van der Waals surface area contributed by atoms with E-state index in [9.17, 15) is 4.79 Å². The van der Waals surface area contributed by atoms with Gasteiger partial charge in [0.15, 0.2) is 0 Å². The van der Waals surface area contributed by atoms with Crippen molar-refractivity contribution in [3.05, 3.63) is 73.4 Å². The molecule has 4 rings (SSSR count). The van der Waals surface area contributed by atoms with Crippen molar-refractivity contribution in [1.29, 1.82) is 0 Å². The molecule has 8 heteroatoms. The van der Waals surface area contributed by atoms with Gasteiger partial charge in [0.1, 0.15) is 16.8 Å². The highest BCUT2D eigenvalue weighted by atomic mass is 127. The Morgan fingerprint density at radius 1 is 1.00 bits per heavy atom. The number of anilines is 1. The molecule has 0 aliphatic rings. The number of rotatable bonds is 5. The standard InChI is InChI=1S/C21H16I2N4O2/c1-2-29-16-7-5-15(6-8-16)27-25-19-10-4-14(12-20(19)26-27)24-21(28)17-11-13(22)3-9-18(17)23/h3-12H,2H2,1H3,(H,24,28). The maximum Gasteiger partial charge on any atom is 0.256 e. The third-order valence-electron chi connectivity index (χ3n) is 4.19. The van der Waals surface area contributed by atoms with Gasteiger partial charge in [-0.15, -0.1) is 10.2 Å². The Kier molecular flexibility index (Phi) is 5.99. The molecule has 146 valence electrons. The molecule has 3 aromatic carbocycles. The van der Waals surface area contributed by atoms with Crippen LogP contribution in [0, 0.1) is 7.14 Å². The highest BCUT2D eigenvalue weighted by Crippen LogP contribution is 2.21. The lowest BCUT2D eigenvalue weighted by molar-refractivity contribution is 0.102. The Hall–Kier alpha value is -2.21. The van der Waals surface area contributed by atoms with Gasteiger partial charge in [0.05, 0.1) is 17.9 Å². The zero-order chi connectivity index (χ0) is 20.4. The number of halogens is 2. The van der Waals surface area contributed by atoms with Crippen LogP contribution >= 0.6 is 45.2 Å². The van der Waals surface area contributed by atoms with Gasteiger partial charge in [-0.25, -0.2) is 0 Å². The molecule has 29 heavy (non-hydrogen) atoms. The van der Waals surface area contributed by atoms with E-state index in [2.05, 4.69) is 60.7 Å². The first-order chi connectivity index (χ1) is 14.0. The highest BCUT2D eigenvalue weighted by Gasteiger charge is 2.12. The van der Waals surface area contributed by atoms with E-state index in [0.29, 0.717) is 23.4 Å². The van der Waals surface area contributed by atoms with Crippen molar-refractivity contribution in [1.82, 2.24) is 15.0 Å². The summed E-state index contributed by atoms with van der Waals surface area (Å²) in [6.07, 6.45) is 0. The van der Waals surface area contributed by atoms with Gasteiger partial charge in [-0.1, -0.05) is 0 Å². The molecule has 1 amide bonds. The quantitative estimate of drug-likeness (QED) is 0.313. The average molecular weight is 610 g/mol. The van der Waals surface area contributed by atoms with Crippen molar-refractivity contribution in [2.75, 3.05) is 11.9 Å². The number of carbonyl (C=O) groups excluding carboxylic acids is 1. The van der Waals surface area contributed by atoms with E-state index in [0.717, 1.165) is 24.1 Å². The maximum absolute atomic E-state index is 12.7. The Labute approximate surface area is 194 Å². The van der Waals surface area contributed by atoms with E-state index < -0.39 is 0 Å². The van der Waals surface area contributed by atoms with Crippen molar-refractivity contribution in [2.45, 2.75) is 6.92 Å². The minimum Gasteiger partial charge on any atom is -0.494 e. The number of hydrogen-bond donors (Lipinski definition) is 1. The first-order valence-corrected chi connectivity index (χ1v) is 11.1. The summed E-state index contributed by atoms with van der Waals surface area (Å²) in [6.45, 7) is 2.57. The van der Waals surface area contributed by atoms with Gasteiger partial charge in [0.25, 0.3) is 5.91 Å². The topological polar surface area (TPSA) is 69.0 Å². The van der Waals surface area contributed by atoms with Crippen molar-refractivity contribution in [2.24, 2.45) is 0 Å². The van der Waals surface area contributed by atoms with E-state index in [-0.39, 0.29) is 5.91 Å². The van der Waals surface area contributed by atoms with Crippen LogP contribution in [0.15, 0.2) is 60.7 Å². The van der Waals surface area contributed by atoms with Crippen LogP contribution < -0.4 is 10.1 Å². The zero-order valence-corrected chi connectivity index (χ0v) is 19.7. The number of fused-ring (bicyclic) bond motifs is 1. The zero-order valence-electron chi connectivity index (χ0n) is 15.4. The summed E-state index contributed by atoms with van der Waals surface area (Å²) >= 11 is 4.37. The fourth-order valence-corrected chi connectivity index (χ4v) is 3.89. The van der Waals surface area contributed by atoms with E-state index >= 15 is 0 Å². The monoisotopic (exact) mass is 610 g/mol. The fraction of sp³-hybridized carbons (Fsp3) is 0.0952. The number of nitrogens with one attached hydrogen (secondary N) is 1. The molecule has 0 bridgehead atoms.